The summed E-state index contributed by atoms with van der Waals surface area (Å²) in [5.74, 6) is 6.23. The van der Waals surface area contributed by atoms with Gasteiger partial charge in [-0.25, -0.2) is 10.8 Å². The van der Waals surface area contributed by atoms with Crippen LogP contribution in [-0.2, 0) is 0 Å². The number of hydrazine groups is 1. The van der Waals surface area contributed by atoms with E-state index in [1.165, 1.54) is 18.6 Å². The first-order valence-electron chi connectivity index (χ1n) is 6.01. The molecule has 1 aliphatic rings. The van der Waals surface area contributed by atoms with Gasteiger partial charge in [-0.05, 0) is 26.2 Å². The van der Waals surface area contributed by atoms with Crippen LogP contribution in [0.25, 0.3) is 0 Å². The Morgan fingerprint density at radius 2 is 2.33 bits per heavy atom. The molecule has 1 unspecified atom stereocenters. The maximum Gasteiger partial charge on any atom is 0.276 e. The van der Waals surface area contributed by atoms with Crippen molar-refractivity contribution in [3.05, 3.63) is 22.2 Å². The van der Waals surface area contributed by atoms with Gasteiger partial charge in [0.25, 0.3) is 5.69 Å². The van der Waals surface area contributed by atoms with Crippen LogP contribution in [0.15, 0.2) is 12.1 Å². The molecule has 0 amide bonds. The van der Waals surface area contributed by atoms with E-state index in [2.05, 4.69) is 22.2 Å². The van der Waals surface area contributed by atoms with Crippen molar-refractivity contribution in [3.63, 3.8) is 0 Å². The largest absolute Gasteiger partial charge is 0.354 e. The molecule has 1 saturated heterocycles. The maximum absolute atomic E-state index is 10.9. The number of pyridine rings is 1. The van der Waals surface area contributed by atoms with Gasteiger partial charge in [0.15, 0.2) is 0 Å². The van der Waals surface area contributed by atoms with Crippen LogP contribution in [0.2, 0.25) is 0 Å². The lowest BCUT2D eigenvalue weighted by molar-refractivity contribution is -0.384. The van der Waals surface area contributed by atoms with E-state index in [4.69, 9.17) is 5.84 Å². The Bertz CT molecular complexity index is 451. The maximum atomic E-state index is 10.9. The fourth-order valence-corrected chi connectivity index (χ4v) is 2.27. The molecule has 0 spiro atoms. The van der Waals surface area contributed by atoms with Crippen LogP contribution in [0.4, 0.5) is 17.3 Å². The molecular formula is C11H17N5O2. The van der Waals surface area contributed by atoms with Crippen molar-refractivity contribution in [2.75, 3.05) is 16.9 Å². The van der Waals surface area contributed by atoms with Gasteiger partial charge in [-0.3, -0.25) is 10.1 Å². The number of piperidine rings is 1. The lowest BCUT2D eigenvalue weighted by atomic mass is 10.0. The second-order valence-corrected chi connectivity index (χ2v) is 4.51. The van der Waals surface area contributed by atoms with Crippen molar-refractivity contribution in [2.45, 2.75) is 32.2 Å². The molecule has 7 heteroatoms. The van der Waals surface area contributed by atoms with Gasteiger partial charge in [-0.2, -0.15) is 0 Å². The minimum Gasteiger partial charge on any atom is -0.354 e. The van der Waals surface area contributed by atoms with Gasteiger partial charge in [0, 0.05) is 12.6 Å². The molecule has 1 fully saturated rings. The summed E-state index contributed by atoms with van der Waals surface area (Å²) in [5, 5.41) is 10.9. The molecule has 1 aromatic heterocycles. The average Bonchev–Trinajstić information content (AvgIpc) is 2.38. The number of anilines is 2. The van der Waals surface area contributed by atoms with Crippen LogP contribution in [-0.4, -0.2) is 22.5 Å². The van der Waals surface area contributed by atoms with E-state index in [1.54, 1.807) is 0 Å². The van der Waals surface area contributed by atoms with Gasteiger partial charge in [0.2, 0.25) is 0 Å². The molecule has 2 heterocycles. The molecule has 98 valence electrons. The van der Waals surface area contributed by atoms with Crippen molar-refractivity contribution in [1.29, 1.82) is 0 Å². The zero-order chi connectivity index (χ0) is 13.1. The number of aromatic nitrogens is 1. The Labute approximate surface area is 105 Å². The highest BCUT2D eigenvalue weighted by molar-refractivity contribution is 5.56. The highest BCUT2D eigenvalue weighted by Gasteiger charge is 2.22. The summed E-state index contributed by atoms with van der Waals surface area (Å²) in [6.45, 7) is 2.98. The molecule has 2 rings (SSSR count). The van der Waals surface area contributed by atoms with E-state index >= 15 is 0 Å². The fourth-order valence-electron chi connectivity index (χ4n) is 2.27. The minimum atomic E-state index is -0.430. The average molecular weight is 251 g/mol. The Hall–Kier alpha value is -1.89. The number of nitrogens with zero attached hydrogens (tertiary/aromatic N) is 3. The van der Waals surface area contributed by atoms with Crippen LogP contribution >= 0.6 is 0 Å². The van der Waals surface area contributed by atoms with E-state index in [0.717, 1.165) is 19.4 Å². The van der Waals surface area contributed by atoms with Crippen LogP contribution in [0.3, 0.4) is 0 Å². The van der Waals surface area contributed by atoms with E-state index in [-0.39, 0.29) is 5.69 Å². The molecular weight excluding hydrogens is 234 g/mol. The molecule has 3 N–H and O–H groups in total. The predicted molar refractivity (Wildman–Crippen MR) is 69.4 cm³/mol. The highest BCUT2D eigenvalue weighted by atomic mass is 16.6. The lowest BCUT2D eigenvalue weighted by Crippen LogP contribution is -2.38. The number of nitrogen functional groups attached to an aromatic ring is 1. The number of nitrogens with two attached hydrogens (primary N) is 1. The monoisotopic (exact) mass is 251 g/mol. The molecule has 0 saturated carbocycles. The molecule has 18 heavy (non-hydrogen) atoms. The summed E-state index contributed by atoms with van der Waals surface area (Å²) in [5.41, 5.74) is 2.38. The topological polar surface area (TPSA) is 97.3 Å². The molecule has 0 aromatic carbocycles. The predicted octanol–water partition coefficient (Wildman–Crippen LogP) is 1.65. The Morgan fingerprint density at radius 1 is 1.56 bits per heavy atom. The molecule has 1 atom stereocenters. The third-order valence-electron chi connectivity index (χ3n) is 3.25. The summed E-state index contributed by atoms with van der Waals surface area (Å²) in [4.78, 5) is 16.8. The minimum absolute atomic E-state index is 0.00530. The van der Waals surface area contributed by atoms with Gasteiger partial charge in [-0.1, -0.05) is 0 Å². The van der Waals surface area contributed by atoms with Crippen LogP contribution < -0.4 is 16.2 Å². The smallest absolute Gasteiger partial charge is 0.276 e. The Kier molecular flexibility index (Phi) is 3.61. The van der Waals surface area contributed by atoms with Crippen molar-refractivity contribution >= 4 is 17.3 Å². The second kappa shape index (κ2) is 5.18. The summed E-state index contributed by atoms with van der Waals surface area (Å²) >= 11 is 0. The van der Waals surface area contributed by atoms with E-state index < -0.39 is 4.92 Å². The number of nitro groups is 1. The van der Waals surface area contributed by atoms with Crippen LogP contribution in [0.5, 0.6) is 0 Å². The van der Waals surface area contributed by atoms with Crippen molar-refractivity contribution < 1.29 is 4.92 Å². The molecule has 7 nitrogen and oxygen atoms in total. The van der Waals surface area contributed by atoms with E-state index in [9.17, 15) is 10.1 Å². The second-order valence-electron chi connectivity index (χ2n) is 4.51. The summed E-state index contributed by atoms with van der Waals surface area (Å²) in [6, 6.07) is 3.18. The molecule has 1 aliphatic heterocycles. The highest BCUT2D eigenvalue weighted by Crippen LogP contribution is 2.27. The Balaban J connectivity index is 2.36. The third kappa shape index (κ3) is 2.51. The standard InChI is InChI=1S/C11H17N5O2/c1-8-4-2-3-5-15(8)11-7-9(16(17)18)6-10(13-11)14-12/h6-8H,2-5,12H2,1H3,(H,13,14). The number of hydrogen-bond acceptors (Lipinski definition) is 6. The van der Waals surface area contributed by atoms with E-state index in [0.29, 0.717) is 17.7 Å². The fraction of sp³-hybridized carbons (Fsp3) is 0.545. The van der Waals surface area contributed by atoms with Gasteiger partial charge < -0.3 is 10.3 Å². The quantitative estimate of drug-likeness (QED) is 0.481. The Morgan fingerprint density at radius 3 is 2.94 bits per heavy atom. The summed E-state index contributed by atoms with van der Waals surface area (Å²) in [7, 11) is 0. The van der Waals surface area contributed by atoms with Gasteiger partial charge in [0.05, 0.1) is 17.1 Å². The van der Waals surface area contributed by atoms with Crippen molar-refractivity contribution in [1.82, 2.24) is 4.98 Å². The summed E-state index contributed by atoms with van der Waals surface area (Å²) in [6.07, 6.45) is 3.35. The first-order valence-corrected chi connectivity index (χ1v) is 6.01. The van der Waals surface area contributed by atoms with Crippen molar-refractivity contribution in [2.24, 2.45) is 5.84 Å². The summed E-state index contributed by atoms with van der Waals surface area (Å²) < 4.78 is 0. The zero-order valence-corrected chi connectivity index (χ0v) is 10.3. The first-order chi connectivity index (χ1) is 8.61. The van der Waals surface area contributed by atoms with Gasteiger partial charge in [0.1, 0.15) is 11.6 Å². The first kappa shape index (κ1) is 12.6. The number of rotatable bonds is 3. The molecule has 0 radical (unpaired) electrons. The van der Waals surface area contributed by atoms with Crippen molar-refractivity contribution in [3.8, 4) is 0 Å². The zero-order valence-electron chi connectivity index (χ0n) is 10.3. The van der Waals surface area contributed by atoms with Gasteiger partial charge in [-0.15, -0.1) is 0 Å². The van der Waals surface area contributed by atoms with Crippen LogP contribution in [0.1, 0.15) is 26.2 Å². The number of nitrogens with one attached hydrogen (secondary N) is 1. The molecule has 0 bridgehead atoms. The normalized spacial score (nSPS) is 19.7. The van der Waals surface area contributed by atoms with Crippen LogP contribution in [0, 0.1) is 10.1 Å². The molecule has 0 aliphatic carbocycles. The third-order valence-corrected chi connectivity index (χ3v) is 3.25. The molecule has 1 aromatic rings. The SMILES string of the molecule is CC1CCCCN1c1cc([N+](=O)[O-])cc(NN)n1. The van der Waals surface area contributed by atoms with Gasteiger partial charge >= 0.3 is 0 Å². The number of hydrogen-bond donors (Lipinski definition) is 2. The lowest BCUT2D eigenvalue weighted by Gasteiger charge is -2.34. The van der Waals surface area contributed by atoms with E-state index in [1.807, 2.05) is 0 Å².